The topological polar surface area (TPSA) is 91.5 Å². The number of ether oxygens (including phenoxy) is 1. The molecule has 1 saturated heterocycles. The molecular formula is C30H28Cl2F3N5O3. The molecule has 226 valence electrons. The van der Waals surface area contributed by atoms with Crippen molar-refractivity contribution in [1.29, 1.82) is 0 Å². The maximum absolute atomic E-state index is 14.4. The second kappa shape index (κ2) is 12.3. The van der Waals surface area contributed by atoms with Gasteiger partial charge in [0.25, 0.3) is 0 Å². The number of urea groups is 2. The van der Waals surface area contributed by atoms with Crippen LogP contribution in [0.4, 0.5) is 22.8 Å². The van der Waals surface area contributed by atoms with Crippen LogP contribution in [0.5, 0.6) is 5.75 Å². The van der Waals surface area contributed by atoms with Gasteiger partial charge >= 0.3 is 18.2 Å². The first-order valence-electron chi connectivity index (χ1n) is 13.5. The van der Waals surface area contributed by atoms with Gasteiger partial charge in [-0.3, -0.25) is 9.89 Å². The molecule has 2 N–H and O–H groups in total. The zero-order valence-electron chi connectivity index (χ0n) is 23.0. The van der Waals surface area contributed by atoms with Crippen molar-refractivity contribution in [3.05, 3.63) is 99.0 Å². The number of halogens is 5. The Morgan fingerprint density at radius 2 is 1.47 bits per heavy atom. The minimum atomic E-state index is -4.60. The summed E-state index contributed by atoms with van der Waals surface area (Å²) in [7, 11) is 0. The van der Waals surface area contributed by atoms with Crippen molar-refractivity contribution >= 4 is 41.1 Å². The Balaban J connectivity index is 1.67. The molecule has 1 fully saturated rings. The number of primary amides is 1. The lowest BCUT2D eigenvalue weighted by atomic mass is 9.93. The Kier molecular flexibility index (Phi) is 8.75. The fourth-order valence-electron chi connectivity index (χ4n) is 5.28. The number of amides is 4. The van der Waals surface area contributed by atoms with Crippen molar-refractivity contribution in [2.45, 2.75) is 25.2 Å². The third-order valence-corrected chi connectivity index (χ3v) is 7.91. The average Bonchev–Trinajstić information content (AvgIpc) is 3.37. The van der Waals surface area contributed by atoms with Gasteiger partial charge in [-0.25, -0.2) is 9.59 Å². The number of rotatable bonds is 5. The molecule has 8 nitrogen and oxygen atoms in total. The highest BCUT2D eigenvalue weighted by atomic mass is 35.5. The van der Waals surface area contributed by atoms with Crippen molar-refractivity contribution in [3.8, 4) is 5.75 Å². The van der Waals surface area contributed by atoms with Gasteiger partial charge in [0.1, 0.15) is 17.6 Å². The molecule has 3 aromatic carbocycles. The van der Waals surface area contributed by atoms with E-state index in [0.29, 0.717) is 15.6 Å². The van der Waals surface area contributed by atoms with Crippen LogP contribution in [0.3, 0.4) is 0 Å². The number of nitrogens with zero attached hydrogens (tertiary/aromatic N) is 4. The number of alkyl halides is 3. The van der Waals surface area contributed by atoms with Crippen LogP contribution in [0.1, 0.15) is 41.3 Å². The fourth-order valence-corrected chi connectivity index (χ4v) is 5.54. The van der Waals surface area contributed by atoms with Gasteiger partial charge in [0.05, 0.1) is 23.8 Å². The molecule has 2 aliphatic heterocycles. The number of benzene rings is 3. The van der Waals surface area contributed by atoms with E-state index in [9.17, 15) is 22.8 Å². The molecule has 0 bridgehead atoms. The molecule has 0 radical (unpaired) electrons. The SMILES string of the molecule is CCOc1cc(C(F)(F)F)ccc1C1=NC(c2ccc(Cl)cc2)C(c2ccc(Cl)cc2)N1C(=O)N1CCN(C(N)=O)CC1. The van der Waals surface area contributed by atoms with Gasteiger partial charge in [-0.1, -0.05) is 47.5 Å². The molecule has 13 heteroatoms. The lowest BCUT2D eigenvalue weighted by molar-refractivity contribution is -0.137. The monoisotopic (exact) mass is 633 g/mol. The average molecular weight is 634 g/mol. The standard InChI is InChI=1S/C30H28Cl2F3N5O3/c1-2-43-24-17-20(30(33,34)35)7-12-23(24)27-37-25(18-3-8-21(31)9-4-18)26(19-5-10-22(32)11-6-19)40(27)29(42)39-15-13-38(14-16-39)28(36)41/h3-12,17,25-26H,2,13-16H2,1H3,(H2,36,41). The zero-order valence-corrected chi connectivity index (χ0v) is 24.5. The van der Waals surface area contributed by atoms with E-state index in [-0.39, 0.29) is 49.9 Å². The zero-order chi connectivity index (χ0) is 30.9. The number of carbonyl (C=O) groups is 2. The third-order valence-electron chi connectivity index (χ3n) is 7.41. The maximum Gasteiger partial charge on any atom is 0.416 e. The van der Waals surface area contributed by atoms with Gasteiger partial charge in [0.2, 0.25) is 0 Å². The number of carbonyl (C=O) groups excluding carboxylic acids is 2. The van der Waals surface area contributed by atoms with Crippen LogP contribution in [-0.4, -0.2) is 65.4 Å². The van der Waals surface area contributed by atoms with Gasteiger partial charge < -0.3 is 20.3 Å². The molecule has 2 heterocycles. The summed E-state index contributed by atoms with van der Waals surface area (Å²) in [6.45, 7) is 2.63. The Morgan fingerprint density at radius 1 is 0.907 bits per heavy atom. The second-order valence-corrected chi connectivity index (χ2v) is 10.9. The Morgan fingerprint density at radius 3 is 2.00 bits per heavy atom. The summed E-state index contributed by atoms with van der Waals surface area (Å²) in [5, 5.41) is 1.00. The van der Waals surface area contributed by atoms with E-state index in [0.717, 1.165) is 17.7 Å². The van der Waals surface area contributed by atoms with Gasteiger partial charge in [-0.15, -0.1) is 0 Å². The maximum atomic E-state index is 14.4. The molecular weight excluding hydrogens is 606 g/mol. The quantitative estimate of drug-likeness (QED) is 0.336. The molecule has 43 heavy (non-hydrogen) atoms. The summed E-state index contributed by atoms with van der Waals surface area (Å²) in [6, 6.07) is 14.8. The number of amidine groups is 1. The molecule has 0 saturated carbocycles. The first kappa shape index (κ1) is 30.5. The van der Waals surface area contributed by atoms with Crippen LogP contribution < -0.4 is 10.5 Å². The van der Waals surface area contributed by atoms with Gasteiger partial charge in [0.15, 0.2) is 0 Å². The fraction of sp³-hybridized carbons (Fsp3) is 0.300. The molecule has 2 unspecified atom stereocenters. The second-order valence-electron chi connectivity index (χ2n) is 10.1. The molecule has 4 amide bonds. The number of aliphatic imine (C=N–C) groups is 1. The number of hydrogen-bond donors (Lipinski definition) is 1. The normalized spacial score (nSPS) is 18.9. The molecule has 0 spiro atoms. The van der Waals surface area contributed by atoms with Crippen LogP contribution in [0.2, 0.25) is 10.0 Å². The summed E-state index contributed by atoms with van der Waals surface area (Å²) >= 11 is 12.4. The Bertz CT molecular complexity index is 1530. The number of nitrogens with two attached hydrogens (primary N) is 1. The smallest absolute Gasteiger partial charge is 0.416 e. The van der Waals surface area contributed by atoms with Crippen LogP contribution >= 0.6 is 23.2 Å². The summed E-state index contributed by atoms with van der Waals surface area (Å²) < 4.78 is 46.7. The summed E-state index contributed by atoms with van der Waals surface area (Å²) in [5.74, 6) is 0.0958. The molecule has 0 aliphatic carbocycles. The van der Waals surface area contributed by atoms with E-state index in [1.54, 1.807) is 60.4 Å². The largest absolute Gasteiger partial charge is 0.493 e. The summed E-state index contributed by atoms with van der Waals surface area (Å²) in [6.07, 6.45) is -4.60. The van der Waals surface area contributed by atoms with Crippen molar-refractivity contribution in [3.63, 3.8) is 0 Å². The highest BCUT2D eigenvalue weighted by molar-refractivity contribution is 6.30. The van der Waals surface area contributed by atoms with Crippen molar-refractivity contribution < 1.29 is 27.5 Å². The minimum absolute atomic E-state index is 0.0564. The van der Waals surface area contributed by atoms with E-state index in [2.05, 4.69) is 0 Å². The van der Waals surface area contributed by atoms with Crippen LogP contribution in [0.15, 0.2) is 71.7 Å². The Hall–Kier alpha value is -3.96. The number of piperazine rings is 1. The lowest BCUT2D eigenvalue weighted by Crippen LogP contribution is -2.56. The molecule has 2 aliphatic rings. The van der Waals surface area contributed by atoms with Crippen LogP contribution in [0, 0.1) is 0 Å². The Labute approximate surface area is 256 Å². The molecule has 0 aromatic heterocycles. The van der Waals surface area contributed by atoms with E-state index in [4.69, 9.17) is 38.7 Å². The van der Waals surface area contributed by atoms with Gasteiger partial charge in [-0.05, 0) is 60.5 Å². The van der Waals surface area contributed by atoms with Crippen molar-refractivity contribution in [2.24, 2.45) is 10.7 Å². The highest BCUT2D eigenvalue weighted by Crippen LogP contribution is 2.46. The third kappa shape index (κ3) is 6.37. The molecule has 3 aromatic rings. The van der Waals surface area contributed by atoms with Crippen LogP contribution in [0.25, 0.3) is 0 Å². The van der Waals surface area contributed by atoms with E-state index in [1.165, 1.54) is 15.9 Å². The molecule has 2 atom stereocenters. The first-order valence-corrected chi connectivity index (χ1v) is 14.3. The van der Waals surface area contributed by atoms with E-state index >= 15 is 0 Å². The minimum Gasteiger partial charge on any atom is -0.493 e. The summed E-state index contributed by atoms with van der Waals surface area (Å²) in [5.41, 5.74) is 6.23. The van der Waals surface area contributed by atoms with Crippen molar-refractivity contribution in [1.82, 2.24) is 14.7 Å². The van der Waals surface area contributed by atoms with E-state index < -0.39 is 35.9 Å². The van der Waals surface area contributed by atoms with Crippen molar-refractivity contribution in [2.75, 3.05) is 32.8 Å². The van der Waals surface area contributed by atoms with Crippen LogP contribution in [-0.2, 0) is 6.18 Å². The van der Waals surface area contributed by atoms with Gasteiger partial charge in [0, 0.05) is 36.2 Å². The van der Waals surface area contributed by atoms with Gasteiger partial charge in [-0.2, -0.15) is 13.2 Å². The lowest BCUT2D eigenvalue weighted by Gasteiger charge is -2.38. The highest BCUT2D eigenvalue weighted by Gasteiger charge is 2.45. The van der Waals surface area contributed by atoms with E-state index in [1.807, 2.05) is 0 Å². The first-order chi connectivity index (χ1) is 20.5. The predicted molar refractivity (Wildman–Crippen MR) is 158 cm³/mol. The molecule has 5 rings (SSSR count). The predicted octanol–water partition coefficient (Wildman–Crippen LogP) is 6.77. The number of hydrogen-bond acceptors (Lipinski definition) is 4. The summed E-state index contributed by atoms with van der Waals surface area (Å²) in [4.78, 5) is 35.6.